The molecule has 0 bridgehead atoms. The Balaban J connectivity index is 4.71. The highest BCUT2D eigenvalue weighted by molar-refractivity contribution is 5.69. The Kier molecular flexibility index (Phi) is 26.3. The minimum Gasteiger partial charge on any atom is -0.461 e. The maximum absolute atomic E-state index is 12.2. The maximum Gasteiger partial charge on any atom is 0.306 e. The third-order valence-corrected chi connectivity index (χ3v) is 10.0. The van der Waals surface area contributed by atoms with Crippen LogP contribution in [0.2, 0.25) is 0 Å². The Morgan fingerprint density at radius 3 is 2.04 bits per heavy atom. The van der Waals surface area contributed by atoms with Crippen LogP contribution in [-0.4, -0.2) is 99.9 Å². The molecule has 0 radical (unpaired) electrons. The quantitative estimate of drug-likeness (QED) is 0.0401. The van der Waals surface area contributed by atoms with Crippen LogP contribution in [0, 0.1) is 10.8 Å². The molecule has 0 saturated carbocycles. The zero-order valence-corrected chi connectivity index (χ0v) is 34.6. The van der Waals surface area contributed by atoms with Crippen LogP contribution >= 0.6 is 0 Å². The zero-order valence-electron chi connectivity index (χ0n) is 34.6. The van der Waals surface area contributed by atoms with Crippen LogP contribution < -0.4 is 0 Å². The largest absolute Gasteiger partial charge is 0.461 e. The molecule has 0 fully saturated rings. The summed E-state index contributed by atoms with van der Waals surface area (Å²) in [7, 11) is 8.86. The van der Waals surface area contributed by atoms with Gasteiger partial charge in [0.05, 0.1) is 6.10 Å². The lowest BCUT2D eigenvalue weighted by molar-refractivity contribution is -0.142. The fourth-order valence-electron chi connectivity index (χ4n) is 7.18. The Labute approximate surface area is 301 Å². The van der Waals surface area contributed by atoms with E-state index in [1.807, 2.05) is 6.08 Å². The molecule has 6 heteroatoms. The number of carbonyl (C=O) groups is 1. The molecule has 0 aromatic rings. The summed E-state index contributed by atoms with van der Waals surface area (Å²) in [4.78, 5) is 19.5. The van der Waals surface area contributed by atoms with Gasteiger partial charge in [-0.3, -0.25) is 4.79 Å². The highest BCUT2D eigenvalue weighted by Gasteiger charge is 2.30. The van der Waals surface area contributed by atoms with E-state index in [-0.39, 0.29) is 16.9 Å². The predicted molar refractivity (Wildman–Crippen MR) is 210 cm³/mol. The number of unbranched alkanes of at least 4 members (excludes halogenated alkanes) is 7. The van der Waals surface area contributed by atoms with Crippen LogP contribution in [0.15, 0.2) is 12.2 Å². The van der Waals surface area contributed by atoms with E-state index >= 15 is 0 Å². The topological polar surface area (TPSA) is 45.3 Å². The fourth-order valence-corrected chi connectivity index (χ4v) is 7.18. The summed E-state index contributed by atoms with van der Waals surface area (Å²) in [5.74, 6) is -0.0738. The van der Waals surface area contributed by atoms with Gasteiger partial charge in [-0.15, -0.1) is 0 Å². The second kappa shape index (κ2) is 26.8. The molecule has 0 amide bonds. The summed E-state index contributed by atoms with van der Waals surface area (Å²) < 4.78 is 12.1. The van der Waals surface area contributed by atoms with Gasteiger partial charge in [-0.1, -0.05) is 85.8 Å². The molecule has 1 unspecified atom stereocenters. The zero-order chi connectivity index (χ0) is 36.5. The van der Waals surface area contributed by atoms with Crippen molar-refractivity contribution < 1.29 is 14.3 Å². The van der Waals surface area contributed by atoms with E-state index in [1.165, 1.54) is 64.3 Å². The van der Waals surface area contributed by atoms with Crippen LogP contribution in [0.5, 0.6) is 0 Å². The van der Waals surface area contributed by atoms with Gasteiger partial charge in [0.15, 0.2) is 0 Å². The summed E-state index contributed by atoms with van der Waals surface area (Å²) in [5.41, 5.74) is 0.663. The second-order valence-corrected chi connectivity index (χ2v) is 17.4. The number of carbonyl (C=O) groups excluding carboxylic acids is 1. The number of nitrogens with zero attached hydrogens (tertiary/aromatic N) is 3. The van der Waals surface area contributed by atoms with Crippen molar-refractivity contribution in [1.82, 2.24) is 14.7 Å². The van der Waals surface area contributed by atoms with Crippen molar-refractivity contribution in [1.29, 1.82) is 0 Å². The lowest BCUT2D eigenvalue weighted by Crippen LogP contribution is -2.41. The smallest absolute Gasteiger partial charge is 0.306 e. The Morgan fingerprint density at radius 2 is 1.38 bits per heavy atom. The van der Waals surface area contributed by atoms with Crippen LogP contribution in [0.3, 0.4) is 0 Å². The first-order valence-electron chi connectivity index (χ1n) is 20.0. The maximum atomic E-state index is 12.2. The molecule has 0 aliphatic rings. The van der Waals surface area contributed by atoms with Crippen molar-refractivity contribution in [2.75, 3.05) is 67.6 Å². The Hall–Kier alpha value is -0.950. The SMILES string of the molecule is CCCCCC/C=C\COC(=O)CCCCN(C)C(C)(C)CCCC(CCN(C)CCCCC)OCCC(C)(C)CC(C)(C)CN(C)C. The number of allylic oxidation sites excluding steroid dienone is 1. The van der Waals surface area contributed by atoms with Crippen LogP contribution in [0.25, 0.3) is 0 Å². The molecule has 1 atom stereocenters. The lowest BCUT2D eigenvalue weighted by Gasteiger charge is -2.37. The summed E-state index contributed by atoms with van der Waals surface area (Å²) in [6.07, 6.45) is 23.7. The molecule has 0 spiro atoms. The average Bonchev–Trinajstić information content (AvgIpc) is 2.97. The number of hydrogen-bond acceptors (Lipinski definition) is 6. The standard InChI is InChI=1S/C42H85N3O3/c1-13-15-17-18-19-20-24-34-48-39(46)27-21-23-32-45(12)42(7,8)29-25-26-38(28-33-44(11)31-22-16-14-2)47-35-30-40(3,4)36-41(5,6)37-43(9)10/h20,24,38H,13-19,21-23,25-37H2,1-12H3/b24-20-. The monoisotopic (exact) mass is 680 g/mol. The summed E-state index contributed by atoms with van der Waals surface area (Å²) in [5, 5.41) is 0. The van der Waals surface area contributed by atoms with E-state index in [0.29, 0.717) is 24.5 Å². The van der Waals surface area contributed by atoms with Crippen molar-refractivity contribution in [3.05, 3.63) is 12.2 Å². The number of rotatable bonds is 32. The van der Waals surface area contributed by atoms with Crippen LogP contribution in [0.1, 0.15) is 165 Å². The van der Waals surface area contributed by atoms with E-state index in [4.69, 9.17) is 9.47 Å². The molecule has 0 aromatic heterocycles. The van der Waals surface area contributed by atoms with Crippen molar-refractivity contribution in [2.24, 2.45) is 10.8 Å². The minimum absolute atomic E-state index is 0.0738. The summed E-state index contributed by atoms with van der Waals surface area (Å²) >= 11 is 0. The summed E-state index contributed by atoms with van der Waals surface area (Å²) in [6.45, 7) is 24.5. The number of esters is 1. The summed E-state index contributed by atoms with van der Waals surface area (Å²) in [6, 6.07) is 0. The number of hydrogen-bond donors (Lipinski definition) is 0. The van der Waals surface area contributed by atoms with Gasteiger partial charge in [-0.2, -0.15) is 0 Å². The molecule has 48 heavy (non-hydrogen) atoms. The van der Waals surface area contributed by atoms with E-state index in [9.17, 15) is 4.79 Å². The van der Waals surface area contributed by atoms with Gasteiger partial charge in [0.1, 0.15) is 6.61 Å². The highest BCUT2D eigenvalue weighted by Crippen LogP contribution is 2.36. The molecular weight excluding hydrogens is 594 g/mol. The molecule has 6 nitrogen and oxygen atoms in total. The van der Waals surface area contributed by atoms with Gasteiger partial charge in [-0.25, -0.2) is 0 Å². The third-order valence-electron chi connectivity index (χ3n) is 10.0. The molecule has 0 aliphatic heterocycles. The van der Waals surface area contributed by atoms with Gasteiger partial charge >= 0.3 is 5.97 Å². The average molecular weight is 680 g/mol. The highest BCUT2D eigenvalue weighted by atomic mass is 16.5. The molecule has 0 aliphatic carbocycles. The van der Waals surface area contributed by atoms with E-state index < -0.39 is 0 Å². The fraction of sp³-hybridized carbons (Fsp3) is 0.929. The first-order valence-corrected chi connectivity index (χ1v) is 20.0. The van der Waals surface area contributed by atoms with Gasteiger partial charge in [0.25, 0.3) is 0 Å². The Morgan fingerprint density at radius 1 is 0.708 bits per heavy atom. The van der Waals surface area contributed by atoms with Crippen molar-refractivity contribution >= 4 is 5.97 Å². The van der Waals surface area contributed by atoms with Gasteiger partial charge in [-0.05, 0) is 137 Å². The van der Waals surface area contributed by atoms with Crippen molar-refractivity contribution in [3.8, 4) is 0 Å². The Bertz CT molecular complexity index is 808. The lowest BCUT2D eigenvalue weighted by atomic mass is 9.73. The molecule has 0 aromatic carbocycles. The molecule has 0 saturated heterocycles. The van der Waals surface area contributed by atoms with Crippen molar-refractivity contribution in [2.45, 2.75) is 176 Å². The van der Waals surface area contributed by atoms with E-state index in [0.717, 1.165) is 71.2 Å². The van der Waals surface area contributed by atoms with Crippen molar-refractivity contribution in [3.63, 3.8) is 0 Å². The van der Waals surface area contributed by atoms with E-state index in [1.54, 1.807) is 0 Å². The van der Waals surface area contributed by atoms with Crippen LogP contribution in [0.4, 0.5) is 0 Å². The molecule has 286 valence electrons. The van der Waals surface area contributed by atoms with E-state index in [2.05, 4.69) is 104 Å². The molecular formula is C42H85N3O3. The van der Waals surface area contributed by atoms with Crippen LogP contribution in [-0.2, 0) is 14.3 Å². The molecule has 0 heterocycles. The van der Waals surface area contributed by atoms with Gasteiger partial charge in [0.2, 0.25) is 0 Å². The first kappa shape index (κ1) is 47.0. The minimum atomic E-state index is -0.0738. The third kappa shape index (κ3) is 26.9. The molecule has 0 N–H and O–H groups in total. The normalized spacial score (nSPS) is 13.8. The number of ether oxygens (including phenoxy) is 2. The van der Waals surface area contributed by atoms with Gasteiger partial charge < -0.3 is 24.2 Å². The van der Waals surface area contributed by atoms with Gasteiger partial charge in [0, 0.05) is 31.7 Å². The first-order chi connectivity index (χ1) is 22.5. The second-order valence-electron chi connectivity index (χ2n) is 17.4. The molecule has 0 rings (SSSR count). The predicted octanol–water partition coefficient (Wildman–Crippen LogP) is 10.4.